The minimum Gasteiger partial charge on any atom is -0.368 e. The van der Waals surface area contributed by atoms with Gasteiger partial charge in [0, 0.05) is 66.8 Å². The maximum atomic E-state index is 4.62. The van der Waals surface area contributed by atoms with Crippen LogP contribution in [-0.4, -0.2) is 68.3 Å². The van der Waals surface area contributed by atoms with Crippen LogP contribution >= 0.6 is 0 Å². The Hall–Kier alpha value is -3.78. The Morgan fingerprint density at radius 1 is 0.938 bits per heavy atom. The number of nitrogens with zero attached hydrogens (tertiary/aromatic N) is 6. The number of rotatable bonds is 3. The third-order valence-electron chi connectivity index (χ3n) is 6.37. The molecule has 2 N–H and O–H groups in total. The number of aryl methyl sites for hydroxylation is 1. The summed E-state index contributed by atoms with van der Waals surface area (Å²) in [5.74, 6) is 0. The summed E-state index contributed by atoms with van der Waals surface area (Å²) in [6.07, 6.45) is 7.38. The van der Waals surface area contributed by atoms with Crippen molar-refractivity contribution in [2.45, 2.75) is 6.92 Å². The Kier molecular flexibility index (Phi) is 4.39. The molecule has 8 heteroatoms. The third-order valence-corrected chi connectivity index (χ3v) is 6.37. The highest BCUT2D eigenvalue weighted by molar-refractivity contribution is 5.99. The standard InChI is InChI=1S/C24H24N8/c1-15-3-5-25-13-18(15)19-11-16-21(14-27-19)29-30-23(16)20-12-17-22(4-6-26-24(17)28-20)32-9-7-31(2)8-10-32/h3-6,11-14H,7-10H2,1-2H3,(H,26,28)(H,29,30). The predicted octanol–water partition coefficient (Wildman–Crippen LogP) is 3.62. The van der Waals surface area contributed by atoms with Crippen molar-refractivity contribution in [3.05, 3.63) is 54.6 Å². The van der Waals surface area contributed by atoms with Gasteiger partial charge in [-0.1, -0.05) is 0 Å². The molecule has 0 radical (unpaired) electrons. The number of piperazine rings is 1. The van der Waals surface area contributed by atoms with Crippen LogP contribution in [-0.2, 0) is 0 Å². The Morgan fingerprint density at radius 3 is 2.66 bits per heavy atom. The number of fused-ring (bicyclic) bond motifs is 2. The van der Waals surface area contributed by atoms with E-state index in [1.807, 2.05) is 24.7 Å². The van der Waals surface area contributed by atoms with E-state index < -0.39 is 0 Å². The quantitative estimate of drug-likeness (QED) is 0.460. The molecule has 5 aromatic rings. The van der Waals surface area contributed by atoms with Crippen LogP contribution in [0.3, 0.4) is 0 Å². The molecule has 1 aliphatic heterocycles. The molecule has 0 aliphatic carbocycles. The predicted molar refractivity (Wildman–Crippen MR) is 127 cm³/mol. The molecular weight excluding hydrogens is 400 g/mol. The first-order chi connectivity index (χ1) is 15.7. The molecule has 1 saturated heterocycles. The van der Waals surface area contributed by atoms with Gasteiger partial charge in [0.25, 0.3) is 0 Å². The Morgan fingerprint density at radius 2 is 1.81 bits per heavy atom. The van der Waals surface area contributed by atoms with Gasteiger partial charge in [-0.05, 0) is 43.8 Å². The number of anilines is 1. The van der Waals surface area contributed by atoms with Gasteiger partial charge < -0.3 is 14.8 Å². The van der Waals surface area contributed by atoms with Crippen molar-refractivity contribution in [1.29, 1.82) is 0 Å². The lowest BCUT2D eigenvalue weighted by molar-refractivity contribution is 0.313. The summed E-state index contributed by atoms with van der Waals surface area (Å²) in [6.45, 7) is 6.23. The molecular formula is C24H24N8. The summed E-state index contributed by atoms with van der Waals surface area (Å²) < 4.78 is 0. The lowest BCUT2D eigenvalue weighted by Gasteiger charge is -2.34. The third kappa shape index (κ3) is 3.11. The van der Waals surface area contributed by atoms with Gasteiger partial charge in [0.2, 0.25) is 0 Å². The van der Waals surface area contributed by atoms with Crippen molar-refractivity contribution in [2.24, 2.45) is 0 Å². The second kappa shape index (κ2) is 7.42. The first kappa shape index (κ1) is 18.9. The molecule has 0 amide bonds. The van der Waals surface area contributed by atoms with E-state index in [1.54, 1.807) is 6.20 Å². The van der Waals surface area contributed by atoms with Crippen LogP contribution in [0.1, 0.15) is 5.56 Å². The topological polar surface area (TPSA) is 89.6 Å². The van der Waals surface area contributed by atoms with Gasteiger partial charge in [0.15, 0.2) is 0 Å². The zero-order valence-electron chi connectivity index (χ0n) is 18.1. The SMILES string of the molecule is Cc1ccncc1-c1cc2c(-c3cc4c(N5CCN(C)CC5)ccnc4[nH]3)n[nH]c2cn1. The number of pyridine rings is 3. The number of hydrogen-bond donors (Lipinski definition) is 2. The smallest absolute Gasteiger partial charge is 0.139 e. The minimum absolute atomic E-state index is 0.868. The molecule has 1 fully saturated rings. The van der Waals surface area contributed by atoms with Crippen molar-refractivity contribution in [2.75, 3.05) is 38.1 Å². The van der Waals surface area contributed by atoms with Crippen LogP contribution in [0.15, 0.2) is 49.1 Å². The van der Waals surface area contributed by atoms with Crippen molar-refractivity contribution < 1.29 is 0 Å². The van der Waals surface area contributed by atoms with Crippen LogP contribution in [0.4, 0.5) is 5.69 Å². The van der Waals surface area contributed by atoms with E-state index in [9.17, 15) is 0 Å². The van der Waals surface area contributed by atoms with Crippen LogP contribution < -0.4 is 4.90 Å². The van der Waals surface area contributed by atoms with Gasteiger partial charge in [-0.3, -0.25) is 15.1 Å². The number of H-pyrrole nitrogens is 2. The second-order valence-corrected chi connectivity index (χ2v) is 8.44. The zero-order valence-corrected chi connectivity index (χ0v) is 18.1. The van der Waals surface area contributed by atoms with E-state index in [4.69, 9.17) is 0 Å². The molecule has 0 atom stereocenters. The molecule has 8 nitrogen and oxygen atoms in total. The molecule has 5 aromatic heterocycles. The van der Waals surface area contributed by atoms with Crippen molar-refractivity contribution in [3.8, 4) is 22.6 Å². The molecule has 160 valence electrons. The summed E-state index contributed by atoms with van der Waals surface area (Å²) in [5.41, 5.74) is 7.87. The fourth-order valence-electron chi connectivity index (χ4n) is 4.47. The summed E-state index contributed by atoms with van der Waals surface area (Å²) in [4.78, 5) is 21.8. The van der Waals surface area contributed by atoms with Crippen LogP contribution in [0.25, 0.3) is 44.6 Å². The maximum Gasteiger partial charge on any atom is 0.139 e. The Bertz CT molecular complexity index is 1420. The first-order valence-electron chi connectivity index (χ1n) is 10.8. The number of aromatic amines is 2. The van der Waals surface area contributed by atoms with Gasteiger partial charge in [-0.25, -0.2) is 4.98 Å². The fourth-order valence-corrected chi connectivity index (χ4v) is 4.47. The highest BCUT2D eigenvalue weighted by Crippen LogP contribution is 2.34. The van der Waals surface area contributed by atoms with Crippen molar-refractivity contribution in [3.63, 3.8) is 0 Å². The largest absolute Gasteiger partial charge is 0.368 e. The van der Waals surface area contributed by atoms with Crippen LogP contribution in [0, 0.1) is 6.92 Å². The van der Waals surface area contributed by atoms with Gasteiger partial charge in [0.1, 0.15) is 11.3 Å². The van der Waals surface area contributed by atoms with E-state index in [2.05, 4.69) is 72.1 Å². The molecule has 0 unspecified atom stereocenters. The molecule has 6 heterocycles. The lowest BCUT2D eigenvalue weighted by atomic mass is 10.1. The van der Waals surface area contributed by atoms with E-state index in [-0.39, 0.29) is 0 Å². The minimum atomic E-state index is 0.868. The average Bonchev–Trinajstić information content (AvgIpc) is 3.43. The highest BCUT2D eigenvalue weighted by atomic mass is 15.2. The Labute approximate surface area is 185 Å². The lowest BCUT2D eigenvalue weighted by Crippen LogP contribution is -2.44. The van der Waals surface area contributed by atoms with Crippen molar-refractivity contribution >= 4 is 27.6 Å². The number of hydrogen-bond acceptors (Lipinski definition) is 6. The summed E-state index contributed by atoms with van der Waals surface area (Å²) in [6, 6.07) is 8.36. The number of likely N-dealkylation sites (N-methyl/N-ethyl adjacent to an activating group) is 1. The molecule has 0 aromatic carbocycles. The van der Waals surface area contributed by atoms with E-state index in [1.165, 1.54) is 5.69 Å². The molecule has 6 rings (SSSR count). The van der Waals surface area contributed by atoms with E-state index >= 15 is 0 Å². The molecule has 1 aliphatic rings. The highest BCUT2D eigenvalue weighted by Gasteiger charge is 2.19. The molecule has 0 spiro atoms. The number of nitrogens with one attached hydrogen (secondary N) is 2. The summed E-state index contributed by atoms with van der Waals surface area (Å²) in [7, 11) is 2.17. The van der Waals surface area contributed by atoms with Crippen LogP contribution in [0.2, 0.25) is 0 Å². The zero-order chi connectivity index (χ0) is 21.7. The molecule has 0 bridgehead atoms. The van der Waals surface area contributed by atoms with Crippen molar-refractivity contribution in [1.82, 2.24) is 35.0 Å². The fraction of sp³-hybridized carbons (Fsp3) is 0.250. The second-order valence-electron chi connectivity index (χ2n) is 8.44. The van der Waals surface area contributed by atoms with E-state index in [0.717, 1.165) is 76.3 Å². The summed E-state index contributed by atoms with van der Waals surface area (Å²) in [5, 5.41) is 9.88. The van der Waals surface area contributed by atoms with E-state index in [0.29, 0.717) is 0 Å². The number of aromatic nitrogens is 6. The normalized spacial score (nSPS) is 15.1. The monoisotopic (exact) mass is 424 g/mol. The summed E-state index contributed by atoms with van der Waals surface area (Å²) >= 11 is 0. The maximum absolute atomic E-state index is 4.62. The van der Waals surface area contributed by atoms with Gasteiger partial charge >= 0.3 is 0 Å². The molecule has 32 heavy (non-hydrogen) atoms. The van der Waals surface area contributed by atoms with Gasteiger partial charge in [0.05, 0.1) is 23.1 Å². The Balaban J connectivity index is 1.45. The molecule has 0 saturated carbocycles. The van der Waals surface area contributed by atoms with Gasteiger partial charge in [-0.15, -0.1) is 0 Å². The first-order valence-corrected chi connectivity index (χ1v) is 10.8. The van der Waals surface area contributed by atoms with Gasteiger partial charge in [-0.2, -0.15) is 5.10 Å². The average molecular weight is 425 g/mol. The van der Waals surface area contributed by atoms with Crippen LogP contribution in [0.5, 0.6) is 0 Å².